The minimum Gasteiger partial charge on any atom is -0.462 e. The molecule has 0 aromatic heterocycles. The zero-order valence-electron chi connectivity index (χ0n) is 60.0. The van der Waals surface area contributed by atoms with E-state index in [1.165, 1.54) is 154 Å². The predicted octanol–water partition coefficient (Wildman–Crippen LogP) is 21.1. The fourth-order valence-corrected chi connectivity index (χ4v) is 12.3. The molecule has 0 amide bonds. The monoisotopic (exact) mass is 1360 g/mol. The number of rotatable bonds is 71. The van der Waals surface area contributed by atoms with Crippen molar-refractivity contribution in [3.63, 3.8) is 0 Å². The maximum absolute atomic E-state index is 13.1. The summed E-state index contributed by atoms with van der Waals surface area (Å²) in [5, 5.41) is 10.6. The summed E-state index contributed by atoms with van der Waals surface area (Å²) >= 11 is 0. The molecule has 0 heterocycles. The van der Waals surface area contributed by atoms with Crippen LogP contribution in [0.5, 0.6) is 0 Å². The second-order valence-electron chi connectivity index (χ2n) is 26.7. The lowest BCUT2D eigenvalue weighted by atomic mass is 9.99. The lowest BCUT2D eigenvalue weighted by Gasteiger charge is -2.21. The van der Waals surface area contributed by atoms with Gasteiger partial charge in [0.2, 0.25) is 0 Å². The van der Waals surface area contributed by atoms with E-state index in [0.717, 1.165) is 121 Å². The summed E-state index contributed by atoms with van der Waals surface area (Å²) < 4.78 is 68.4. The van der Waals surface area contributed by atoms with Crippen LogP contribution in [-0.2, 0) is 65.4 Å². The molecular formula is C74H140O17P2. The van der Waals surface area contributed by atoms with Crippen molar-refractivity contribution >= 4 is 39.5 Å². The van der Waals surface area contributed by atoms with Gasteiger partial charge >= 0.3 is 39.5 Å². The topological polar surface area (TPSA) is 237 Å². The lowest BCUT2D eigenvalue weighted by molar-refractivity contribution is -0.161. The first kappa shape index (κ1) is 90.5. The number of aliphatic hydroxyl groups excluding tert-OH is 1. The molecule has 19 heteroatoms. The Kier molecular flexibility index (Phi) is 63.7. The highest BCUT2D eigenvalue weighted by Crippen LogP contribution is 2.45. The molecule has 0 aromatic carbocycles. The molecule has 0 saturated heterocycles. The van der Waals surface area contributed by atoms with E-state index in [4.69, 9.17) is 37.0 Å². The normalized spacial score (nSPS) is 14.5. The van der Waals surface area contributed by atoms with Crippen LogP contribution in [0.2, 0.25) is 0 Å². The van der Waals surface area contributed by atoms with E-state index >= 15 is 0 Å². The Morgan fingerprint density at radius 3 is 0.968 bits per heavy atom. The molecule has 0 bridgehead atoms. The predicted molar refractivity (Wildman–Crippen MR) is 377 cm³/mol. The van der Waals surface area contributed by atoms with Crippen LogP contribution in [0.25, 0.3) is 0 Å². The highest BCUT2D eigenvalue weighted by molar-refractivity contribution is 7.47. The minimum absolute atomic E-state index is 0.100. The Balaban J connectivity index is 5.28. The number of ether oxygens (including phenoxy) is 4. The summed E-state index contributed by atoms with van der Waals surface area (Å²) in [7, 11) is -9.92. The third kappa shape index (κ3) is 66.6. The van der Waals surface area contributed by atoms with Crippen LogP contribution in [0.15, 0.2) is 24.3 Å². The van der Waals surface area contributed by atoms with Crippen molar-refractivity contribution in [2.45, 2.75) is 374 Å². The first-order valence-corrected chi connectivity index (χ1v) is 40.8. The SMILES string of the molecule is CCCCCC/C=C\C=C/CCCCCCCC(=O)OC[C@H](COP(=O)(O)OC[C@@H](O)COP(=O)(O)OC[C@@H](COC(=O)CCCCCCCCCCC)OC(=O)CCCCCCCCCCC(C)CC)OC(=O)CCCCCCCCCCCCCCCCC(C)C. The van der Waals surface area contributed by atoms with Crippen LogP contribution in [0.4, 0.5) is 0 Å². The molecule has 0 rings (SSSR count). The smallest absolute Gasteiger partial charge is 0.462 e. The van der Waals surface area contributed by atoms with E-state index in [2.05, 4.69) is 65.8 Å². The van der Waals surface area contributed by atoms with Gasteiger partial charge in [-0.3, -0.25) is 37.3 Å². The molecule has 3 N–H and O–H groups in total. The zero-order valence-corrected chi connectivity index (χ0v) is 61.8. The molecule has 548 valence electrons. The third-order valence-electron chi connectivity index (χ3n) is 16.9. The number of phosphoric acid groups is 2. The van der Waals surface area contributed by atoms with Crippen LogP contribution < -0.4 is 0 Å². The molecule has 93 heavy (non-hydrogen) atoms. The first-order chi connectivity index (χ1) is 44.9. The Labute approximate surface area is 567 Å². The van der Waals surface area contributed by atoms with Crippen molar-refractivity contribution in [3.8, 4) is 0 Å². The van der Waals surface area contributed by atoms with E-state index in [1.807, 2.05) is 0 Å². The molecule has 0 fully saturated rings. The number of aliphatic hydroxyl groups is 1. The largest absolute Gasteiger partial charge is 0.472 e. The molecule has 3 unspecified atom stereocenters. The van der Waals surface area contributed by atoms with Gasteiger partial charge in [0.1, 0.15) is 19.3 Å². The molecule has 6 atom stereocenters. The van der Waals surface area contributed by atoms with Gasteiger partial charge in [-0.1, -0.05) is 303 Å². The highest BCUT2D eigenvalue weighted by Gasteiger charge is 2.30. The van der Waals surface area contributed by atoms with Crippen molar-refractivity contribution in [2.75, 3.05) is 39.6 Å². The van der Waals surface area contributed by atoms with Crippen molar-refractivity contribution in [2.24, 2.45) is 11.8 Å². The number of allylic oxidation sites excluding steroid dienone is 4. The Morgan fingerprint density at radius 2 is 0.634 bits per heavy atom. The summed E-state index contributed by atoms with van der Waals surface area (Å²) in [6, 6.07) is 0. The van der Waals surface area contributed by atoms with E-state index in [9.17, 15) is 43.2 Å². The first-order valence-electron chi connectivity index (χ1n) is 37.8. The summed E-state index contributed by atoms with van der Waals surface area (Å²) in [6.07, 6.45) is 54.8. The molecule has 0 saturated carbocycles. The maximum atomic E-state index is 13.1. The van der Waals surface area contributed by atoms with E-state index < -0.39 is 97.5 Å². The molecule has 0 aliphatic rings. The van der Waals surface area contributed by atoms with E-state index in [0.29, 0.717) is 25.7 Å². The van der Waals surface area contributed by atoms with Gasteiger partial charge in [0.25, 0.3) is 0 Å². The van der Waals surface area contributed by atoms with Gasteiger partial charge < -0.3 is 33.8 Å². The molecular weight excluding hydrogens is 1220 g/mol. The van der Waals surface area contributed by atoms with Gasteiger partial charge in [0.05, 0.1) is 26.4 Å². The van der Waals surface area contributed by atoms with Crippen molar-refractivity contribution in [3.05, 3.63) is 24.3 Å². The molecule has 17 nitrogen and oxygen atoms in total. The molecule has 0 aromatic rings. The Bertz CT molecular complexity index is 1900. The number of hydrogen-bond acceptors (Lipinski definition) is 15. The third-order valence-corrected chi connectivity index (χ3v) is 18.8. The van der Waals surface area contributed by atoms with Crippen LogP contribution in [0.1, 0.15) is 356 Å². The fraction of sp³-hybridized carbons (Fsp3) is 0.892. The van der Waals surface area contributed by atoms with Gasteiger partial charge in [-0.25, -0.2) is 9.13 Å². The Hall–Kier alpha value is -2.46. The van der Waals surface area contributed by atoms with Crippen LogP contribution in [0.3, 0.4) is 0 Å². The second-order valence-corrected chi connectivity index (χ2v) is 29.6. The number of phosphoric ester groups is 2. The van der Waals surface area contributed by atoms with E-state index in [-0.39, 0.29) is 25.7 Å². The number of hydrogen-bond donors (Lipinski definition) is 3. The standard InChI is InChI=1S/C74H140O17P2/c1-7-10-12-14-16-18-19-20-21-25-28-32-39-45-51-57-72(77)85-63-69(90-73(78)58-52-46-40-33-29-26-23-22-24-27-31-36-42-48-54-66(4)5)64-88-92(80,81)86-60-68(75)61-87-93(82,83)89-65-70(62-84-71(76)56-50-44-38-30-17-15-13-11-8-2)91-74(79)59-53-47-41-35-34-37-43-49-55-67(6)9-3/h18-21,66-70,75H,7-17,22-65H2,1-6H3,(H,80,81)(H,82,83)/b19-18-,21-20-/t67?,68-,69-,70-/m1/s1. The summed E-state index contributed by atoms with van der Waals surface area (Å²) in [5.74, 6) is -0.590. The molecule has 0 aliphatic heterocycles. The number of esters is 4. The van der Waals surface area contributed by atoms with Crippen molar-refractivity contribution in [1.82, 2.24) is 0 Å². The van der Waals surface area contributed by atoms with Crippen LogP contribution >= 0.6 is 15.6 Å². The second kappa shape index (κ2) is 65.5. The van der Waals surface area contributed by atoms with Crippen molar-refractivity contribution < 1.29 is 80.2 Å². The minimum atomic E-state index is -4.96. The molecule has 0 spiro atoms. The summed E-state index contributed by atoms with van der Waals surface area (Å²) in [6.45, 7) is 9.51. The summed E-state index contributed by atoms with van der Waals surface area (Å²) in [5.41, 5.74) is 0. The van der Waals surface area contributed by atoms with Crippen LogP contribution in [-0.4, -0.2) is 96.7 Å². The zero-order chi connectivity index (χ0) is 68.6. The summed E-state index contributed by atoms with van der Waals surface area (Å²) in [4.78, 5) is 72.6. The quantitative estimate of drug-likeness (QED) is 0.0169. The van der Waals surface area contributed by atoms with Gasteiger partial charge in [-0.15, -0.1) is 0 Å². The van der Waals surface area contributed by atoms with Crippen LogP contribution in [0, 0.1) is 11.8 Å². The highest BCUT2D eigenvalue weighted by atomic mass is 31.2. The van der Waals surface area contributed by atoms with Gasteiger partial charge in [0, 0.05) is 25.7 Å². The lowest BCUT2D eigenvalue weighted by Crippen LogP contribution is -2.30. The van der Waals surface area contributed by atoms with Crippen molar-refractivity contribution in [1.29, 1.82) is 0 Å². The molecule has 0 aliphatic carbocycles. The number of carbonyl (C=O) groups is 4. The average molecular weight is 1360 g/mol. The Morgan fingerprint density at radius 1 is 0.355 bits per heavy atom. The molecule has 0 radical (unpaired) electrons. The van der Waals surface area contributed by atoms with E-state index in [1.54, 1.807) is 0 Å². The van der Waals surface area contributed by atoms with Gasteiger partial charge in [0.15, 0.2) is 12.2 Å². The number of unbranched alkanes of at least 4 members (excludes halogenated alkanes) is 37. The van der Waals surface area contributed by atoms with Gasteiger partial charge in [-0.05, 0) is 63.2 Å². The van der Waals surface area contributed by atoms with Gasteiger partial charge in [-0.2, -0.15) is 0 Å². The fourth-order valence-electron chi connectivity index (χ4n) is 10.7. The number of carbonyl (C=O) groups excluding carboxylic acids is 4. The maximum Gasteiger partial charge on any atom is 0.472 e. The average Bonchev–Trinajstić information content (AvgIpc) is 1.75.